The minimum atomic E-state index is 0.694. The van der Waals surface area contributed by atoms with Crippen LogP contribution in [0.3, 0.4) is 0 Å². The number of imidazole rings is 1. The minimum absolute atomic E-state index is 0.694. The Morgan fingerprint density at radius 3 is 2.91 bits per heavy atom. The molecule has 6 heteroatoms. The van der Waals surface area contributed by atoms with Crippen LogP contribution in [0.15, 0.2) is 48.0 Å². The first-order valence-corrected chi connectivity index (χ1v) is 7.93. The number of aliphatic imine (C=N–C) groups is 1. The fourth-order valence-corrected chi connectivity index (χ4v) is 2.24. The number of para-hydroxylation sites is 1. The van der Waals surface area contributed by atoms with Gasteiger partial charge in [0.2, 0.25) is 0 Å². The van der Waals surface area contributed by atoms with Crippen LogP contribution in [0.4, 0.5) is 0 Å². The molecule has 1 aromatic carbocycles. The highest BCUT2D eigenvalue weighted by atomic mass is 16.5. The molecule has 124 valence electrons. The second-order valence-electron chi connectivity index (χ2n) is 5.00. The molecule has 0 saturated carbocycles. The lowest BCUT2D eigenvalue weighted by Gasteiger charge is -2.14. The lowest BCUT2D eigenvalue weighted by molar-refractivity contribution is 0.145. The maximum atomic E-state index is 5.33. The SMILES string of the molecule is CCOCCCNC(=NC)NCc1ccccc1-n1ccnc1. The van der Waals surface area contributed by atoms with Crippen molar-refractivity contribution in [3.63, 3.8) is 0 Å². The van der Waals surface area contributed by atoms with Gasteiger partial charge < -0.3 is 19.9 Å². The van der Waals surface area contributed by atoms with Crippen LogP contribution in [-0.2, 0) is 11.3 Å². The van der Waals surface area contributed by atoms with Crippen molar-refractivity contribution in [3.05, 3.63) is 48.5 Å². The van der Waals surface area contributed by atoms with Crippen molar-refractivity contribution in [2.75, 3.05) is 26.8 Å². The van der Waals surface area contributed by atoms with Crippen LogP contribution in [-0.4, -0.2) is 42.3 Å². The highest BCUT2D eigenvalue weighted by Crippen LogP contribution is 2.13. The van der Waals surface area contributed by atoms with Crippen molar-refractivity contribution in [3.8, 4) is 5.69 Å². The third kappa shape index (κ3) is 5.41. The second-order valence-corrected chi connectivity index (χ2v) is 5.00. The van der Waals surface area contributed by atoms with Gasteiger partial charge in [-0.1, -0.05) is 18.2 Å². The van der Waals surface area contributed by atoms with E-state index in [9.17, 15) is 0 Å². The summed E-state index contributed by atoms with van der Waals surface area (Å²) in [6.45, 7) is 5.07. The van der Waals surface area contributed by atoms with E-state index in [0.29, 0.717) is 6.54 Å². The molecule has 2 N–H and O–H groups in total. The molecule has 1 aromatic heterocycles. The fourth-order valence-electron chi connectivity index (χ4n) is 2.24. The van der Waals surface area contributed by atoms with Crippen LogP contribution in [0.25, 0.3) is 5.69 Å². The smallest absolute Gasteiger partial charge is 0.191 e. The number of ether oxygens (including phenoxy) is 1. The third-order valence-electron chi connectivity index (χ3n) is 3.41. The Balaban J connectivity index is 1.87. The zero-order chi connectivity index (χ0) is 16.3. The molecule has 0 atom stereocenters. The van der Waals surface area contributed by atoms with Gasteiger partial charge in [-0.05, 0) is 25.0 Å². The summed E-state index contributed by atoms with van der Waals surface area (Å²) >= 11 is 0. The molecule has 0 saturated heterocycles. The molecule has 0 spiro atoms. The van der Waals surface area contributed by atoms with Crippen molar-refractivity contribution >= 4 is 5.96 Å². The predicted molar refractivity (Wildman–Crippen MR) is 92.9 cm³/mol. The topological polar surface area (TPSA) is 63.5 Å². The number of aromatic nitrogens is 2. The number of nitrogens with zero attached hydrogens (tertiary/aromatic N) is 3. The Kier molecular flexibility index (Phi) is 7.13. The molecule has 2 aromatic rings. The van der Waals surface area contributed by atoms with E-state index < -0.39 is 0 Å². The molecule has 6 nitrogen and oxygen atoms in total. The molecular formula is C17H25N5O. The van der Waals surface area contributed by atoms with Crippen molar-refractivity contribution in [1.82, 2.24) is 20.2 Å². The molecule has 1 heterocycles. The van der Waals surface area contributed by atoms with Crippen LogP contribution < -0.4 is 10.6 Å². The molecule has 0 aliphatic heterocycles. The van der Waals surface area contributed by atoms with Gasteiger partial charge in [0, 0.05) is 45.7 Å². The number of guanidine groups is 1. The van der Waals surface area contributed by atoms with Gasteiger partial charge in [0.05, 0.1) is 12.0 Å². The van der Waals surface area contributed by atoms with Crippen molar-refractivity contribution in [2.45, 2.75) is 19.9 Å². The second kappa shape index (κ2) is 9.63. The Hall–Kier alpha value is -2.34. The minimum Gasteiger partial charge on any atom is -0.382 e. The standard InChI is InChI=1S/C17H25N5O/c1-3-23-12-6-9-20-17(18-2)21-13-15-7-4-5-8-16(15)22-11-10-19-14-22/h4-5,7-8,10-11,14H,3,6,9,12-13H2,1-2H3,(H2,18,20,21). The van der Waals surface area contributed by atoms with Crippen LogP contribution in [0.2, 0.25) is 0 Å². The quantitative estimate of drug-likeness (QED) is 0.444. The summed E-state index contributed by atoms with van der Waals surface area (Å²) in [6, 6.07) is 8.25. The van der Waals surface area contributed by atoms with Crippen molar-refractivity contribution in [2.24, 2.45) is 4.99 Å². The van der Waals surface area contributed by atoms with Gasteiger partial charge in [-0.3, -0.25) is 4.99 Å². The summed E-state index contributed by atoms with van der Waals surface area (Å²) in [7, 11) is 1.78. The average molecular weight is 315 g/mol. The number of hydrogen-bond acceptors (Lipinski definition) is 3. The van der Waals surface area contributed by atoms with Gasteiger partial charge in [0.1, 0.15) is 0 Å². The molecule has 23 heavy (non-hydrogen) atoms. The number of rotatable bonds is 8. The Morgan fingerprint density at radius 2 is 2.17 bits per heavy atom. The zero-order valence-electron chi connectivity index (χ0n) is 13.8. The van der Waals surface area contributed by atoms with E-state index in [0.717, 1.165) is 37.8 Å². The molecular weight excluding hydrogens is 290 g/mol. The summed E-state index contributed by atoms with van der Waals surface area (Å²) in [4.78, 5) is 8.36. The highest BCUT2D eigenvalue weighted by molar-refractivity contribution is 5.79. The molecule has 2 rings (SSSR count). The van der Waals surface area contributed by atoms with Gasteiger partial charge >= 0.3 is 0 Å². The first-order chi connectivity index (χ1) is 11.3. The Bertz CT molecular complexity index is 595. The zero-order valence-corrected chi connectivity index (χ0v) is 13.8. The van der Waals surface area contributed by atoms with Crippen LogP contribution in [0.5, 0.6) is 0 Å². The monoisotopic (exact) mass is 315 g/mol. The van der Waals surface area contributed by atoms with E-state index in [1.807, 2.05) is 29.8 Å². The predicted octanol–water partition coefficient (Wildman–Crippen LogP) is 1.96. The average Bonchev–Trinajstić information content (AvgIpc) is 3.12. The van der Waals surface area contributed by atoms with E-state index in [2.05, 4.69) is 32.7 Å². The van der Waals surface area contributed by atoms with E-state index in [-0.39, 0.29) is 0 Å². The summed E-state index contributed by atoms with van der Waals surface area (Å²) in [6.07, 6.45) is 6.49. The third-order valence-corrected chi connectivity index (χ3v) is 3.41. The molecule has 0 aliphatic carbocycles. The van der Waals surface area contributed by atoms with E-state index >= 15 is 0 Å². The van der Waals surface area contributed by atoms with E-state index in [1.54, 1.807) is 19.6 Å². The number of nitrogens with one attached hydrogen (secondary N) is 2. The van der Waals surface area contributed by atoms with Gasteiger partial charge in [-0.15, -0.1) is 0 Å². The molecule has 0 radical (unpaired) electrons. The Labute approximate surface area is 137 Å². The van der Waals surface area contributed by atoms with E-state index in [1.165, 1.54) is 5.56 Å². The van der Waals surface area contributed by atoms with Gasteiger partial charge in [0.15, 0.2) is 5.96 Å². The van der Waals surface area contributed by atoms with Gasteiger partial charge in [-0.25, -0.2) is 4.98 Å². The van der Waals surface area contributed by atoms with Crippen LogP contribution in [0, 0.1) is 0 Å². The first-order valence-electron chi connectivity index (χ1n) is 7.93. The van der Waals surface area contributed by atoms with Crippen molar-refractivity contribution < 1.29 is 4.74 Å². The summed E-state index contributed by atoms with van der Waals surface area (Å²) < 4.78 is 7.34. The highest BCUT2D eigenvalue weighted by Gasteiger charge is 2.04. The summed E-state index contributed by atoms with van der Waals surface area (Å²) in [5.41, 5.74) is 2.30. The number of benzene rings is 1. The lowest BCUT2D eigenvalue weighted by atomic mass is 10.1. The lowest BCUT2D eigenvalue weighted by Crippen LogP contribution is -2.37. The molecule has 0 fully saturated rings. The molecule has 0 amide bonds. The van der Waals surface area contributed by atoms with Gasteiger partial charge in [0.25, 0.3) is 0 Å². The molecule has 0 bridgehead atoms. The fraction of sp³-hybridized carbons (Fsp3) is 0.412. The summed E-state index contributed by atoms with van der Waals surface area (Å²) in [5.74, 6) is 0.793. The maximum Gasteiger partial charge on any atom is 0.191 e. The maximum absolute atomic E-state index is 5.33. The normalized spacial score (nSPS) is 11.5. The molecule has 0 aliphatic rings. The van der Waals surface area contributed by atoms with Crippen molar-refractivity contribution in [1.29, 1.82) is 0 Å². The largest absolute Gasteiger partial charge is 0.382 e. The van der Waals surface area contributed by atoms with Crippen LogP contribution in [0.1, 0.15) is 18.9 Å². The van der Waals surface area contributed by atoms with Crippen LogP contribution >= 0.6 is 0 Å². The first kappa shape index (κ1) is 17.0. The van der Waals surface area contributed by atoms with Gasteiger partial charge in [-0.2, -0.15) is 0 Å². The molecule has 0 unspecified atom stereocenters. The number of hydrogen-bond donors (Lipinski definition) is 2. The summed E-state index contributed by atoms with van der Waals surface area (Å²) in [5, 5.41) is 6.64. The Morgan fingerprint density at radius 1 is 1.30 bits per heavy atom. The van der Waals surface area contributed by atoms with E-state index in [4.69, 9.17) is 4.74 Å².